The first kappa shape index (κ1) is 24.2. The Labute approximate surface area is 211 Å². The second kappa shape index (κ2) is 12.0. The van der Waals surface area contributed by atoms with E-state index in [4.69, 9.17) is 4.52 Å². The third-order valence-corrected chi connectivity index (χ3v) is 10.2. The molecule has 6 heteroatoms. The molecule has 0 amide bonds. The topological polar surface area (TPSA) is 29.3 Å². The molecule has 0 radical (unpaired) electrons. The molecule has 2 aromatic carbocycles. The molecule has 3 aromatic rings. The molecular formula is C28H35FN2OS2. The molecule has 0 aliphatic carbocycles. The summed E-state index contributed by atoms with van der Waals surface area (Å²) >= 11 is 4.29. The van der Waals surface area contributed by atoms with E-state index in [1.165, 1.54) is 86.4 Å². The molecule has 3 nitrogen and oxygen atoms in total. The number of rotatable bonds is 9. The number of aromatic nitrogens is 1. The third-order valence-electron chi connectivity index (χ3n) is 7.16. The molecule has 2 saturated heterocycles. The van der Waals surface area contributed by atoms with Crippen LogP contribution in [-0.4, -0.2) is 39.2 Å². The summed E-state index contributed by atoms with van der Waals surface area (Å²) in [6.45, 7) is 2.38. The molecule has 0 N–H and O–H groups in total. The van der Waals surface area contributed by atoms with Crippen LogP contribution in [0.1, 0.15) is 67.9 Å². The maximum atomic E-state index is 13.5. The van der Waals surface area contributed by atoms with Crippen LogP contribution in [0.4, 0.5) is 4.39 Å². The second-order valence-electron chi connectivity index (χ2n) is 9.58. The van der Waals surface area contributed by atoms with Gasteiger partial charge in [-0.1, -0.05) is 35.8 Å². The fourth-order valence-corrected chi connectivity index (χ4v) is 8.15. The molecule has 5 rings (SSSR count). The SMILES string of the molecule is Fc1ccc2c(CCCC(c3ccc(CCC4SCCCS4)cc3)N3CCCCC3)onc2c1. The molecule has 0 bridgehead atoms. The van der Waals surface area contributed by atoms with Crippen molar-refractivity contribution in [2.45, 2.75) is 68.4 Å². The molecule has 0 spiro atoms. The number of benzene rings is 2. The zero-order chi connectivity index (χ0) is 23.2. The fraction of sp³-hybridized carbons (Fsp3) is 0.536. The summed E-state index contributed by atoms with van der Waals surface area (Å²) in [7, 11) is 0. The Bertz CT molecular complexity index is 1040. The van der Waals surface area contributed by atoms with Crippen molar-refractivity contribution >= 4 is 34.4 Å². The lowest BCUT2D eigenvalue weighted by Gasteiger charge is -2.35. The van der Waals surface area contributed by atoms with E-state index in [0.29, 0.717) is 11.6 Å². The van der Waals surface area contributed by atoms with Crippen molar-refractivity contribution in [3.05, 3.63) is 65.2 Å². The number of hydrogen-bond donors (Lipinski definition) is 0. The van der Waals surface area contributed by atoms with Crippen molar-refractivity contribution < 1.29 is 8.91 Å². The van der Waals surface area contributed by atoms with E-state index in [0.717, 1.165) is 35.0 Å². The van der Waals surface area contributed by atoms with E-state index in [-0.39, 0.29) is 5.82 Å². The molecule has 2 aliphatic heterocycles. The minimum absolute atomic E-state index is 0.266. The number of fused-ring (bicyclic) bond motifs is 1. The normalized spacial score (nSPS) is 19.0. The van der Waals surface area contributed by atoms with Crippen LogP contribution in [0.15, 0.2) is 47.0 Å². The van der Waals surface area contributed by atoms with Gasteiger partial charge in [0, 0.05) is 23.9 Å². The van der Waals surface area contributed by atoms with Crippen LogP contribution in [0.5, 0.6) is 0 Å². The lowest BCUT2D eigenvalue weighted by molar-refractivity contribution is 0.153. The molecule has 1 aromatic heterocycles. The van der Waals surface area contributed by atoms with E-state index < -0.39 is 0 Å². The molecule has 3 heterocycles. The van der Waals surface area contributed by atoms with Crippen LogP contribution >= 0.6 is 23.5 Å². The number of thioether (sulfide) groups is 2. The Morgan fingerprint density at radius 1 is 0.971 bits per heavy atom. The first-order valence-electron chi connectivity index (χ1n) is 12.9. The van der Waals surface area contributed by atoms with E-state index in [9.17, 15) is 4.39 Å². The van der Waals surface area contributed by atoms with Crippen LogP contribution in [-0.2, 0) is 12.8 Å². The van der Waals surface area contributed by atoms with Crippen LogP contribution in [0.25, 0.3) is 10.9 Å². The lowest BCUT2D eigenvalue weighted by Crippen LogP contribution is -2.33. The van der Waals surface area contributed by atoms with Gasteiger partial charge in [0.15, 0.2) is 0 Å². The van der Waals surface area contributed by atoms with E-state index in [1.54, 1.807) is 6.07 Å². The van der Waals surface area contributed by atoms with Gasteiger partial charge in [-0.25, -0.2) is 4.39 Å². The molecule has 2 fully saturated rings. The van der Waals surface area contributed by atoms with Crippen molar-refractivity contribution in [2.24, 2.45) is 0 Å². The predicted octanol–water partition coefficient (Wildman–Crippen LogP) is 7.65. The van der Waals surface area contributed by atoms with Gasteiger partial charge in [-0.15, -0.1) is 23.5 Å². The van der Waals surface area contributed by atoms with Crippen molar-refractivity contribution in [3.63, 3.8) is 0 Å². The van der Waals surface area contributed by atoms with Gasteiger partial charge >= 0.3 is 0 Å². The summed E-state index contributed by atoms with van der Waals surface area (Å²) in [6.07, 6.45) is 10.7. The summed E-state index contributed by atoms with van der Waals surface area (Å²) in [4.78, 5) is 2.68. The van der Waals surface area contributed by atoms with E-state index in [1.807, 2.05) is 0 Å². The van der Waals surface area contributed by atoms with Crippen molar-refractivity contribution in [3.8, 4) is 0 Å². The van der Waals surface area contributed by atoms with E-state index in [2.05, 4.69) is 57.8 Å². The van der Waals surface area contributed by atoms with Gasteiger partial charge in [0.25, 0.3) is 0 Å². The van der Waals surface area contributed by atoms with Crippen molar-refractivity contribution in [1.29, 1.82) is 0 Å². The zero-order valence-electron chi connectivity index (χ0n) is 19.9. The molecule has 2 aliphatic rings. The number of likely N-dealkylation sites (tertiary alicyclic amines) is 1. The average Bonchev–Trinajstić information content (AvgIpc) is 3.29. The summed E-state index contributed by atoms with van der Waals surface area (Å²) in [5.41, 5.74) is 3.52. The van der Waals surface area contributed by atoms with Crippen LogP contribution < -0.4 is 0 Å². The Hall–Kier alpha value is -1.50. The largest absolute Gasteiger partial charge is 0.360 e. The Balaban J connectivity index is 1.22. The smallest absolute Gasteiger partial charge is 0.144 e. The highest BCUT2D eigenvalue weighted by atomic mass is 32.2. The Morgan fingerprint density at radius 2 is 1.76 bits per heavy atom. The first-order valence-corrected chi connectivity index (χ1v) is 15.0. The number of hydrogen-bond acceptors (Lipinski definition) is 5. The molecule has 34 heavy (non-hydrogen) atoms. The summed E-state index contributed by atoms with van der Waals surface area (Å²) < 4.78 is 19.8. The van der Waals surface area contributed by atoms with Crippen molar-refractivity contribution in [2.75, 3.05) is 24.6 Å². The molecule has 0 saturated carbocycles. The number of aryl methyl sites for hydroxylation is 2. The predicted molar refractivity (Wildman–Crippen MR) is 143 cm³/mol. The van der Waals surface area contributed by atoms with Crippen LogP contribution in [0.2, 0.25) is 0 Å². The summed E-state index contributed by atoms with van der Waals surface area (Å²) in [5, 5.41) is 5.00. The standard InChI is InChI=1S/C28H35FN2OS2/c29-23-13-14-24-25(20-23)30-32-27(24)7-4-6-26(31-16-2-1-3-17-31)22-11-8-21(9-12-22)10-15-28-33-18-5-19-34-28/h8-9,11-14,20,26,28H,1-7,10,15-19H2. The minimum atomic E-state index is -0.266. The monoisotopic (exact) mass is 498 g/mol. The number of halogens is 1. The maximum Gasteiger partial charge on any atom is 0.144 e. The molecule has 182 valence electrons. The Kier molecular flexibility index (Phi) is 8.51. The average molecular weight is 499 g/mol. The fourth-order valence-electron chi connectivity index (χ4n) is 5.29. The Morgan fingerprint density at radius 3 is 2.56 bits per heavy atom. The van der Waals surface area contributed by atoms with Gasteiger partial charge in [0.2, 0.25) is 0 Å². The van der Waals surface area contributed by atoms with Gasteiger partial charge in [0.1, 0.15) is 17.1 Å². The van der Waals surface area contributed by atoms with Gasteiger partial charge in [-0.3, -0.25) is 4.90 Å². The second-order valence-corrected chi connectivity index (χ2v) is 12.5. The molecule has 1 atom stereocenters. The number of piperidine rings is 1. The van der Waals surface area contributed by atoms with Crippen LogP contribution in [0, 0.1) is 5.82 Å². The van der Waals surface area contributed by atoms with Crippen molar-refractivity contribution in [1.82, 2.24) is 10.1 Å². The molecular weight excluding hydrogens is 463 g/mol. The van der Waals surface area contributed by atoms with Crippen LogP contribution in [0.3, 0.4) is 0 Å². The minimum Gasteiger partial charge on any atom is -0.360 e. The highest BCUT2D eigenvalue weighted by molar-refractivity contribution is 8.17. The van der Waals surface area contributed by atoms with Gasteiger partial charge in [-0.05, 0) is 92.8 Å². The zero-order valence-corrected chi connectivity index (χ0v) is 21.5. The van der Waals surface area contributed by atoms with Gasteiger partial charge in [-0.2, -0.15) is 0 Å². The molecule has 1 unspecified atom stereocenters. The third kappa shape index (κ3) is 6.19. The van der Waals surface area contributed by atoms with E-state index >= 15 is 0 Å². The maximum absolute atomic E-state index is 13.5. The highest BCUT2D eigenvalue weighted by Gasteiger charge is 2.23. The summed E-state index contributed by atoms with van der Waals surface area (Å²) in [6, 6.07) is 14.7. The first-order chi connectivity index (χ1) is 16.8. The number of nitrogens with zero attached hydrogens (tertiary/aromatic N) is 2. The highest BCUT2D eigenvalue weighted by Crippen LogP contribution is 2.34. The van der Waals surface area contributed by atoms with Gasteiger partial charge in [0.05, 0.1) is 4.58 Å². The van der Waals surface area contributed by atoms with Gasteiger partial charge < -0.3 is 4.52 Å². The quantitative estimate of drug-likeness (QED) is 0.302. The lowest BCUT2D eigenvalue weighted by atomic mass is 9.95. The summed E-state index contributed by atoms with van der Waals surface area (Å²) in [5.74, 6) is 3.27.